The standard InChI is InChI=1S/C13H17BrFNO2/c1-4-13(2,3)16-12(17)8-18-9-5-6-10(14)11(15)7-9/h5-7H,4,8H2,1-3H3,(H,16,17). The van der Waals surface area contributed by atoms with E-state index in [2.05, 4.69) is 21.2 Å². The van der Waals surface area contributed by atoms with Crippen LogP contribution in [-0.4, -0.2) is 18.1 Å². The maximum absolute atomic E-state index is 13.2. The Kier molecular flexibility index (Phi) is 5.14. The van der Waals surface area contributed by atoms with Gasteiger partial charge in [0.1, 0.15) is 11.6 Å². The molecule has 0 radical (unpaired) electrons. The second-order valence-corrected chi connectivity index (χ2v) is 5.50. The highest BCUT2D eigenvalue weighted by molar-refractivity contribution is 9.10. The largest absolute Gasteiger partial charge is 0.484 e. The fourth-order valence-corrected chi connectivity index (χ4v) is 1.46. The highest BCUT2D eigenvalue weighted by Gasteiger charge is 2.17. The van der Waals surface area contributed by atoms with Gasteiger partial charge in [0.25, 0.3) is 5.91 Å². The topological polar surface area (TPSA) is 38.3 Å². The van der Waals surface area contributed by atoms with E-state index in [1.54, 1.807) is 12.1 Å². The number of halogens is 2. The van der Waals surface area contributed by atoms with Crippen molar-refractivity contribution in [3.8, 4) is 5.75 Å². The van der Waals surface area contributed by atoms with Gasteiger partial charge in [0.05, 0.1) is 4.47 Å². The number of amides is 1. The van der Waals surface area contributed by atoms with Gasteiger partial charge in [0.2, 0.25) is 0 Å². The second-order valence-electron chi connectivity index (χ2n) is 4.65. The zero-order valence-electron chi connectivity index (χ0n) is 10.7. The van der Waals surface area contributed by atoms with Gasteiger partial charge < -0.3 is 10.1 Å². The minimum absolute atomic E-state index is 0.121. The Hall–Kier alpha value is -1.10. The molecule has 0 saturated carbocycles. The van der Waals surface area contributed by atoms with Gasteiger partial charge in [-0.25, -0.2) is 4.39 Å². The fourth-order valence-electron chi connectivity index (χ4n) is 1.22. The number of rotatable bonds is 5. The third-order valence-corrected chi connectivity index (χ3v) is 3.27. The van der Waals surface area contributed by atoms with Gasteiger partial charge in [-0.2, -0.15) is 0 Å². The number of benzene rings is 1. The zero-order valence-corrected chi connectivity index (χ0v) is 12.3. The van der Waals surface area contributed by atoms with Gasteiger partial charge in [0, 0.05) is 11.6 Å². The van der Waals surface area contributed by atoms with E-state index in [0.29, 0.717) is 10.2 Å². The van der Waals surface area contributed by atoms with Crippen molar-refractivity contribution in [2.24, 2.45) is 0 Å². The Morgan fingerprint density at radius 1 is 1.50 bits per heavy atom. The third kappa shape index (κ3) is 4.64. The lowest BCUT2D eigenvalue weighted by molar-refractivity contribution is -0.124. The number of ether oxygens (including phenoxy) is 1. The Morgan fingerprint density at radius 3 is 2.72 bits per heavy atom. The summed E-state index contributed by atoms with van der Waals surface area (Å²) in [7, 11) is 0. The summed E-state index contributed by atoms with van der Waals surface area (Å²) in [6.07, 6.45) is 0.825. The second kappa shape index (κ2) is 6.18. The molecule has 100 valence electrons. The van der Waals surface area contributed by atoms with Crippen molar-refractivity contribution in [1.82, 2.24) is 5.32 Å². The first-order valence-electron chi connectivity index (χ1n) is 5.73. The molecule has 0 unspecified atom stereocenters. The number of carbonyl (C=O) groups excluding carboxylic acids is 1. The van der Waals surface area contributed by atoms with Gasteiger partial charge in [-0.1, -0.05) is 6.92 Å². The Labute approximate surface area is 115 Å². The SMILES string of the molecule is CCC(C)(C)NC(=O)COc1ccc(Br)c(F)c1. The molecule has 0 aliphatic heterocycles. The molecule has 0 fully saturated rings. The summed E-state index contributed by atoms with van der Waals surface area (Å²) in [5, 5.41) is 2.84. The first kappa shape index (κ1) is 15.0. The third-order valence-electron chi connectivity index (χ3n) is 2.62. The van der Waals surface area contributed by atoms with Crippen LogP contribution in [0.3, 0.4) is 0 Å². The summed E-state index contributed by atoms with van der Waals surface area (Å²) in [4.78, 5) is 11.6. The molecule has 1 aromatic carbocycles. The number of hydrogen-bond acceptors (Lipinski definition) is 2. The lowest BCUT2D eigenvalue weighted by Gasteiger charge is -2.24. The molecular formula is C13H17BrFNO2. The molecule has 1 aromatic rings. The average Bonchev–Trinajstić information content (AvgIpc) is 2.30. The molecule has 1 amide bonds. The Bertz CT molecular complexity index is 435. The van der Waals surface area contributed by atoms with Gasteiger partial charge >= 0.3 is 0 Å². The van der Waals surface area contributed by atoms with Crippen LogP contribution < -0.4 is 10.1 Å². The summed E-state index contributed by atoms with van der Waals surface area (Å²) in [5.41, 5.74) is -0.259. The van der Waals surface area contributed by atoms with E-state index < -0.39 is 5.82 Å². The molecule has 0 bridgehead atoms. The maximum atomic E-state index is 13.2. The quantitative estimate of drug-likeness (QED) is 0.905. The van der Waals surface area contributed by atoms with Gasteiger partial charge in [-0.05, 0) is 48.3 Å². The molecule has 0 heterocycles. The molecule has 0 aliphatic rings. The molecule has 1 N–H and O–H groups in total. The summed E-state index contributed by atoms with van der Waals surface area (Å²) < 4.78 is 18.8. The van der Waals surface area contributed by atoms with E-state index in [1.165, 1.54) is 6.07 Å². The molecular weight excluding hydrogens is 301 g/mol. The molecule has 0 atom stereocenters. The van der Waals surface area contributed by atoms with Crippen LogP contribution in [0.4, 0.5) is 4.39 Å². The zero-order chi connectivity index (χ0) is 13.8. The monoisotopic (exact) mass is 317 g/mol. The Balaban J connectivity index is 2.50. The van der Waals surface area contributed by atoms with Crippen LogP contribution in [0.25, 0.3) is 0 Å². The number of nitrogens with one attached hydrogen (secondary N) is 1. The predicted molar refractivity (Wildman–Crippen MR) is 72.1 cm³/mol. The highest BCUT2D eigenvalue weighted by atomic mass is 79.9. The average molecular weight is 318 g/mol. The van der Waals surface area contributed by atoms with Gasteiger partial charge in [-0.3, -0.25) is 4.79 Å². The van der Waals surface area contributed by atoms with Crippen molar-refractivity contribution in [1.29, 1.82) is 0 Å². The van der Waals surface area contributed by atoms with Crippen molar-refractivity contribution >= 4 is 21.8 Å². The normalized spacial score (nSPS) is 11.2. The summed E-state index contributed by atoms with van der Waals surface area (Å²) >= 11 is 3.05. The van der Waals surface area contributed by atoms with Crippen LogP contribution in [0, 0.1) is 5.82 Å². The van der Waals surface area contributed by atoms with Crippen LogP contribution in [0.15, 0.2) is 22.7 Å². The minimum Gasteiger partial charge on any atom is -0.484 e. The van der Waals surface area contributed by atoms with Crippen molar-refractivity contribution in [2.45, 2.75) is 32.7 Å². The van der Waals surface area contributed by atoms with Crippen LogP contribution in [0.5, 0.6) is 5.75 Å². The number of hydrogen-bond donors (Lipinski definition) is 1. The highest BCUT2D eigenvalue weighted by Crippen LogP contribution is 2.20. The van der Waals surface area contributed by atoms with Crippen LogP contribution in [-0.2, 0) is 4.79 Å². The van der Waals surface area contributed by atoms with Crippen molar-refractivity contribution in [3.05, 3.63) is 28.5 Å². The number of carbonyl (C=O) groups is 1. The van der Waals surface area contributed by atoms with Gasteiger partial charge in [-0.15, -0.1) is 0 Å². The molecule has 0 saturated heterocycles. The van der Waals surface area contributed by atoms with Gasteiger partial charge in [0.15, 0.2) is 6.61 Å². The minimum atomic E-state index is -0.415. The van der Waals surface area contributed by atoms with E-state index in [4.69, 9.17) is 4.74 Å². The molecule has 0 spiro atoms. The van der Waals surface area contributed by atoms with Crippen LogP contribution >= 0.6 is 15.9 Å². The predicted octanol–water partition coefficient (Wildman–Crippen LogP) is 3.27. The smallest absolute Gasteiger partial charge is 0.258 e. The lowest BCUT2D eigenvalue weighted by atomic mass is 10.0. The molecule has 0 aliphatic carbocycles. The van der Waals surface area contributed by atoms with Crippen molar-refractivity contribution < 1.29 is 13.9 Å². The van der Waals surface area contributed by atoms with E-state index in [1.807, 2.05) is 20.8 Å². The lowest BCUT2D eigenvalue weighted by Crippen LogP contribution is -2.44. The summed E-state index contributed by atoms with van der Waals surface area (Å²) in [5.74, 6) is -0.299. The summed E-state index contributed by atoms with van der Waals surface area (Å²) in [6.45, 7) is 5.74. The van der Waals surface area contributed by atoms with E-state index in [-0.39, 0.29) is 18.1 Å². The first-order valence-corrected chi connectivity index (χ1v) is 6.52. The molecule has 18 heavy (non-hydrogen) atoms. The van der Waals surface area contributed by atoms with E-state index in [9.17, 15) is 9.18 Å². The maximum Gasteiger partial charge on any atom is 0.258 e. The molecule has 5 heteroatoms. The first-order chi connectivity index (χ1) is 8.34. The molecule has 0 aromatic heterocycles. The van der Waals surface area contributed by atoms with Crippen molar-refractivity contribution in [2.75, 3.05) is 6.61 Å². The fraction of sp³-hybridized carbons (Fsp3) is 0.462. The van der Waals surface area contributed by atoms with E-state index >= 15 is 0 Å². The summed E-state index contributed by atoms with van der Waals surface area (Å²) in [6, 6.07) is 4.38. The molecule has 3 nitrogen and oxygen atoms in total. The van der Waals surface area contributed by atoms with Crippen LogP contribution in [0.1, 0.15) is 27.2 Å². The van der Waals surface area contributed by atoms with E-state index in [0.717, 1.165) is 6.42 Å². The van der Waals surface area contributed by atoms with Crippen LogP contribution in [0.2, 0.25) is 0 Å². The Morgan fingerprint density at radius 2 is 2.17 bits per heavy atom. The van der Waals surface area contributed by atoms with Crippen molar-refractivity contribution in [3.63, 3.8) is 0 Å². The molecule has 1 rings (SSSR count).